The van der Waals surface area contributed by atoms with E-state index in [1.165, 1.54) is 18.5 Å². The van der Waals surface area contributed by atoms with Crippen molar-refractivity contribution < 1.29 is 0 Å². The van der Waals surface area contributed by atoms with Gasteiger partial charge in [0.2, 0.25) is 0 Å². The van der Waals surface area contributed by atoms with Gasteiger partial charge in [-0.15, -0.1) is 0 Å². The molecular formula is C11H22N2. The van der Waals surface area contributed by atoms with Crippen LogP contribution in [0.1, 0.15) is 46.2 Å². The molecule has 2 nitrogen and oxygen atoms in total. The molecule has 0 saturated heterocycles. The highest BCUT2D eigenvalue weighted by Gasteiger charge is 1.94. The summed E-state index contributed by atoms with van der Waals surface area (Å²) in [5.74, 6) is 0. The van der Waals surface area contributed by atoms with Crippen LogP contribution in [0.15, 0.2) is 12.5 Å². The van der Waals surface area contributed by atoms with E-state index in [9.17, 15) is 0 Å². The summed E-state index contributed by atoms with van der Waals surface area (Å²) >= 11 is 0. The minimum atomic E-state index is 1.09. The first kappa shape index (κ1) is 12.2. The maximum absolute atomic E-state index is 4.29. The van der Waals surface area contributed by atoms with Gasteiger partial charge in [0.25, 0.3) is 0 Å². The molecule has 0 aliphatic carbocycles. The molecule has 0 aliphatic heterocycles. The maximum Gasteiger partial charge on any atom is 0.0949 e. The third-order valence-electron chi connectivity index (χ3n) is 1.67. The van der Waals surface area contributed by atoms with E-state index in [4.69, 9.17) is 0 Å². The molecule has 0 amide bonds. The maximum atomic E-state index is 4.29. The van der Waals surface area contributed by atoms with E-state index in [0.717, 1.165) is 13.0 Å². The van der Waals surface area contributed by atoms with E-state index in [-0.39, 0.29) is 0 Å². The largest absolute Gasteiger partial charge is 0.337 e. The van der Waals surface area contributed by atoms with Gasteiger partial charge >= 0.3 is 0 Å². The van der Waals surface area contributed by atoms with Gasteiger partial charge in [-0.25, -0.2) is 4.98 Å². The van der Waals surface area contributed by atoms with Gasteiger partial charge in [-0.1, -0.05) is 34.1 Å². The lowest BCUT2D eigenvalue weighted by Crippen LogP contribution is -1.91. The smallest absolute Gasteiger partial charge is 0.0949 e. The van der Waals surface area contributed by atoms with Gasteiger partial charge in [0.05, 0.1) is 12.0 Å². The summed E-state index contributed by atoms with van der Waals surface area (Å²) < 4.78 is 2.16. The van der Waals surface area contributed by atoms with Crippen LogP contribution in [0.5, 0.6) is 0 Å². The van der Waals surface area contributed by atoms with Crippen molar-refractivity contribution in [3.05, 3.63) is 18.2 Å². The van der Waals surface area contributed by atoms with Crippen molar-refractivity contribution in [1.82, 2.24) is 9.55 Å². The van der Waals surface area contributed by atoms with Crippen LogP contribution in [0.25, 0.3) is 0 Å². The summed E-state index contributed by atoms with van der Waals surface area (Å²) in [5.41, 5.74) is 1.22. The van der Waals surface area contributed by atoms with Crippen LogP contribution in [0.3, 0.4) is 0 Å². The van der Waals surface area contributed by atoms with E-state index in [1.54, 1.807) is 0 Å². The van der Waals surface area contributed by atoms with Crippen molar-refractivity contribution in [1.29, 1.82) is 0 Å². The van der Waals surface area contributed by atoms with Crippen LogP contribution in [0, 0.1) is 0 Å². The summed E-state index contributed by atoms with van der Waals surface area (Å²) in [4.78, 5) is 4.29. The van der Waals surface area contributed by atoms with Gasteiger partial charge in [-0.05, 0) is 12.8 Å². The molecular weight excluding hydrogens is 160 g/mol. The number of aryl methyl sites for hydroxylation is 2. The Hall–Kier alpha value is -0.790. The molecule has 0 spiro atoms. The number of hydrogen-bond acceptors (Lipinski definition) is 1. The van der Waals surface area contributed by atoms with Crippen LogP contribution >= 0.6 is 0 Å². The summed E-state index contributed by atoms with van der Waals surface area (Å²) in [6.07, 6.45) is 7.54. The summed E-state index contributed by atoms with van der Waals surface area (Å²) in [7, 11) is 0. The van der Waals surface area contributed by atoms with Gasteiger partial charge in [-0.2, -0.15) is 0 Å². The van der Waals surface area contributed by atoms with Crippen molar-refractivity contribution in [3.8, 4) is 0 Å². The van der Waals surface area contributed by atoms with Gasteiger partial charge < -0.3 is 4.57 Å². The van der Waals surface area contributed by atoms with Gasteiger partial charge in [0, 0.05) is 12.7 Å². The van der Waals surface area contributed by atoms with Gasteiger partial charge in [0.15, 0.2) is 0 Å². The molecule has 0 N–H and O–H groups in total. The molecule has 1 rings (SSSR count). The minimum Gasteiger partial charge on any atom is -0.337 e. The predicted octanol–water partition coefficient (Wildman–Crippen LogP) is 3.27. The van der Waals surface area contributed by atoms with Gasteiger partial charge in [0.1, 0.15) is 0 Å². The highest BCUT2D eigenvalue weighted by molar-refractivity contribution is 4.96. The Morgan fingerprint density at radius 3 is 2.46 bits per heavy atom. The highest BCUT2D eigenvalue weighted by atomic mass is 15.0. The monoisotopic (exact) mass is 182 g/mol. The molecule has 76 valence electrons. The fourth-order valence-electron chi connectivity index (χ4n) is 1.17. The van der Waals surface area contributed by atoms with Crippen LogP contribution in [0.4, 0.5) is 0 Å². The van der Waals surface area contributed by atoms with E-state index in [2.05, 4.69) is 29.6 Å². The first-order chi connectivity index (χ1) is 6.36. The average molecular weight is 182 g/mol. The average Bonchev–Trinajstić information content (AvgIpc) is 2.58. The Labute approximate surface area is 82.0 Å². The lowest BCUT2D eigenvalue weighted by molar-refractivity contribution is 0.677. The fourth-order valence-corrected chi connectivity index (χ4v) is 1.17. The lowest BCUT2D eigenvalue weighted by atomic mass is 10.3. The van der Waals surface area contributed by atoms with E-state index < -0.39 is 0 Å². The SMILES string of the molecule is CC.CCCc1cn(CCC)cn1. The predicted molar refractivity (Wildman–Crippen MR) is 57.9 cm³/mol. The molecule has 2 heteroatoms. The van der Waals surface area contributed by atoms with Crippen molar-refractivity contribution in [3.63, 3.8) is 0 Å². The third kappa shape index (κ3) is 4.71. The highest BCUT2D eigenvalue weighted by Crippen LogP contribution is 2.00. The summed E-state index contributed by atoms with van der Waals surface area (Å²) in [5, 5.41) is 0. The van der Waals surface area contributed by atoms with Gasteiger partial charge in [-0.3, -0.25) is 0 Å². The number of imidazole rings is 1. The van der Waals surface area contributed by atoms with Crippen molar-refractivity contribution in [2.75, 3.05) is 0 Å². The molecule has 1 heterocycles. The minimum absolute atomic E-state index is 1.09. The molecule has 0 atom stereocenters. The first-order valence-electron chi connectivity index (χ1n) is 5.37. The molecule has 0 bridgehead atoms. The standard InChI is InChI=1S/C9H16N2.C2H6/c1-3-5-9-7-11(6-4-2)8-10-9;1-2/h7-8H,3-6H2,1-2H3;1-2H3. The van der Waals surface area contributed by atoms with Crippen molar-refractivity contribution >= 4 is 0 Å². The lowest BCUT2D eigenvalue weighted by Gasteiger charge is -1.94. The number of hydrogen-bond donors (Lipinski definition) is 0. The molecule has 0 aliphatic rings. The Morgan fingerprint density at radius 2 is 1.92 bits per heavy atom. The molecule has 13 heavy (non-hydrogen) atoms. The number of rotatable bonds is 4. The van der Waals surface area contributed by atoms with Crippen LogP contribution in [-0.2, 0) is 13.0 Å². The van der Waals surface area contributed by atoms with Crippen LogP contribution in [0.2, 0.25) is 0 Å². The third-order valence-corrected chi connectivity index (χ3v) is 1.67. The summed E-state index contributed by atoms with van der Waals surface area (Å²) in [6, 6.07) is 0. The van der Waals surface area contributed by atoms with E-state index >= 15 is 0 Å². The Kier molecular flexibility index (Phi) is 7.36. The Bertz CT molecular complexity index is 183. The molecule has 0 radical (unpaired) electrons. The Balaban J connectivity index is 0.000000671. The number of nitrogens with zero attached hydrogens (tertiary/aromatic N) is 2. The van der Waals surface area contributed by atoms with E-state index in [1.807, 2.05) is 20.2 Å². The Morgan fingerprint density at radius 1 is 1.23 bits per heavy atom. The molecule has 0 aromatic carbocycles. The zero-order valence-electron chi connectivity index (χ0n) is 9.38. The molecule has 1 aromatic heterocycles. The quantitative estimate of drug-likeness (QED) is 0.698. The second-order valence-corrected chi connectivity index (χ2v) is 2.85. The molecule has 1 aromatic rings. The second kappa shape index (κ2) is 7.84. The molecule has 0 unspecified atom stereocenters. The zero-order chi connectivity index (χ0) is 10.1. The topological polar surface area (TPSA) is 17.8 Å². The number of aromatic nitrogens is 2. The summed E-state index contributed by atoms with van der Waals surface area (Å²) in [6.45, 7) is 9.45. The zero-order valence-corrected chi connectivity index (χ0v) is 9.38. The molecule has 0 saturated carbocycles. The first-order valence-corrected chi connectivity index (χ1v) is 5.37. The molecule has 0 fully saturated rings. The normalized spacial score (nSPS) is 9.23. The van der Waals surface area contributed by atoms with Crippen molar-refractivity contribution in [2.45, 2.75) is 53.5 Å². The van der Waals surface area contributed by atoms with Crippen LogP contribution in [-0.4, -0.2) is 9.55 Å². The second-order valence-electron chi connectivity index (χ2n) is 2.85. The van der Waals surface area contributed by atoms with Crippen LogP contribution < -0.4 is 0 Å². The van der Waals surface area contributed by atoms with Crippen molar-refractivity contribution in [2.24, 2.45) is 0 Å². The van der Waals surface area contributed by atoms with E-state index in [0.29, 0.717) is 0 Å². The fraction of sp³-hybridized carbons (Fsp3) is 0.727.